The number of aromatic carboxylic acids is 1. The van der Waals surface area contributed by atoms with E-state index in [1.807, 2.05) is 11.8 Å². The summed E-state index contributed by atoms with van der Waals surface area (Å²) < 4.78 is 16.3. The number of anilines is 1. The number of halogens is 2. The van der Waals surface area contributed by atoms with Crippen molar-refractivity contribution < 1.29 is 14.3 Å². The average Bonchev–Trinajstić information content (AvgIpc) is 3.39. The predicted molar refractivity (Wildman–Crippen MR) is 109 cm³/mol. The van der Waals surface area contributed by atoms with Gasteiger partial charge in [-0.05, 0) is 56.7 Å². The Hall–Kier alpha value is -2.12. The molecule has 2 aromatic heterocycles. The molecule has 2 aromatic rings. The number of rotatable bonds is 3. The minimum atomic E-state index is -1.27. The Morgan fingerprint density at radius 3 is 2.39 bits per heavy atom. The molecule has 1 aliphatic carbocycles. The Morgan fingerprint density at radius 2 is 1.86 bits per heavy atom. The second-order valence-electron chi connectivity index (χ2n) is 7.94. The molecular formula is C20H25ClFN3O3. The van der Waals surface area contributed by atoms with Crippen LogP contribution in [0.3, 0.4) is 0 Å². The number of carbonyl (C=O) groups is 1. The lowest BCUT2D eigenvalue weighted by atomic mass is 10.0. The first-order valence-corrected chi connectivity index (χ1v) is 9.40. The summed E-state index contributed by atoms with van der Waals surface area (Å²) in [6.45, 7) is 7.31. The van der Waals surface area contributed by atoms with Gasteiger partial charge in [0.1, 0.15) is 5.56 Å². The highest BCUT2D eigenvalue weighted by atomic mass is 35.5. The number of fused-ring (bicyclic) bond motifs is 1. The van der Waals surface area contributed by atoms with E-state index < -0.39 is 17.3 Å². The number of nitrogens with zero attached hydrogens (tertiary/aromatic N) is 2. The summed E-state index contributed by atoms with van der Waals surface area (Å²) in [6.07, 6.45) is 3.08. The fourth-order valence-electron chi connectivity index (χ4n) is 4.40. The molecule has 0 bridgehead atoms. The lowest BCUT2D eigenvalue weighted by Gasteiger charge is -2.38. The zero-order valence-corrected chi connectivity index (χ0v) is 17.0. The van der Waals surface area contributed by atoms with Crippen molar-refractivity contribution in [3.05, 3.63) is 45.1 Å². The summed E-state index contributed by atoms with van der Waals surface area (Å²) in [4.78, 5) is 26.2. The molecule has 2 unspecified atom stereocenters. The van der Waals surface area contributed by atoms with Gasteiger partial charge in [0.2, 0.25) is 0 Å². The zero-order chi connectivity index (χ0) is 19.5. The number of carboxylic acids is 1. The number of hydrogen-bond donors (Lipinski definition) is 2. The summed E-state index contributed by atoms with van der Waals surface area (Å²) in [6, 6.07) is 1.95. The van der Waals surface area contributed by atoms with Gasteiger partial charge >= 0.3 is 5.97 Å². The second-order valence-corrected chi connectivity index (χ2v) is 7.94. The number of carboxylic acid groups (broad SMARTS) is 1. The van der Waals surface area contributed by atoms with Crippen molar-refractivity contribution in [1.82, 2.24) is 9.72 Å². The molecule has 2 aliphatic rings. The van der Waals surface area contributed by atoms with Crippen LogP contribution in [0.15, 0.2) is 17.1 Å². The fourth-order valence-corrected chi connectivity index (χ4v) is 4.40. The maximum atomic E-state index is 15.1. The minimum absolute atomic E-state index is 0. The SMILES string of the molecule is Cc1c(N2CC(C)NC(C)C2)c(F)cn2c(=O)c(C(=O)O)cc(C3CC3)c12.Cl. The second kappa shape index (κ2) is 7.37. The van der Waals surface area contributed by atoms with Crippen molar-refractivity contribution in [1.29, 1.82) is 0 Å². The van der Waals surface area contributed by atoms with Gasteiger partial charge in [-0.25, -0.2) is 9.18 Å². The van der Waals surface area contributed by atoms with E-state index in [1.165, 1.54) is 10.5 Å². The third-order valence-electron chi connectivity index (χ3n) is 5.56. The van der Waals surface area contributed by atoms with Gasteiger partial charge in [0, 0.05) is 25.2 Å². The van der Waals surface area contributed by atoms with Crippen LogP contribution in [0.2, 0.25) is 0 Å². The highest BCUT2D eigenvalue weighted by Gasteiger charge is 2.31. The topological polar surface area (TPSA) is 74.0 Å². The Labute approximate surface area is 168 Å². The Balaban J connectivity index is 0.00000225. The van der Waals surface area contributed by atoms with Gasteiger partial charge in [-0.1, -0.05) is 0 Å². The van der Waals surface area contributed by atoms with Gasteiger partial charge in [0.25, 0.3) is 5.56 Å². The van der Waals surface area contributed by atoms with E-state index in [0.717, 1.165) is 24.6 Å². The van der Waals surface area contributed by atoms with E-state index in [4.69, 9.17) is 0 Å². The lowest BCUT2D eigenvalue weighted by Crippen LogP contribution is -2.54. The van der Waals surface area contributed by atoms with Crippen molar-refractivity contribution in [3.63, 3.8) is 0 Å². The number of aryl methyl sites for hydroxylation is 1. The number of nitrogens with one attached hydrogen (secondary N) is 1. The zero-order valence-electron chi connectivity index (χ0n) is 16.2. The molecule has 0 radical (unpaired) electrons. The number of pyridine rings is 2. The molecule has 0 amide bonds. The smallest absolute Gasteiger partial charge is 0.341 e. The van der Waals surface area contributed by atoms with Crippen LogP contribution in [0.1, 0.15) is 54.1 Å². The van der Waals surface area contributed by atoms with E-state index in [0.29, 0.717) is 29.9 Å². The standard InChI is InChI=1S/C20H24FN3O3.ClH/c1-10-7-23(8-11(2)22-10)18-12(3)17-14(13-4-5-13)6-15(20(26)27)19(25)24(17)9-16(18)21;/h6,9-11,13,22H,4-5,7-8H2,1-3H3,(H,26,27);1H. The average molecular weight is 410 g/mol. The lowest BCUT2D eigenvalue weighted by molar-refractivity contribution is 0.0694. The molecule has 1 saturated carbocycles. The molecule has 1 aliphatic heterocycles. The Morgan fingerprint density at radius 1 is 1.25 bits per heavy atom. The van der Waals surface area contributed by atoms with Crippen LogP contribution in [0.25, 0.3) is 5.52 Å². The van der Waals surface area contributed by atoms with Crippen molar-refractivity contribution in [2.24, 2.45) is 0 Å². The molecule has 4 rings (SSSR count). The van der Waals surface area contributed by atoms with Crippen LogP contribution in [-0.2, 0) is 0 Å². The molecule has 2 fully saturated rings. The van der Waals surface area contributed by atoms with Crippen LogP contribution in [0.4, 0.5) is 10.1 Å². The molecule has 2 N–H and O–H groups in total. The van der Waals surface area contributed by atoms with Crippen LogP contribution in [-0.4, -0.2) is 40.6 Å². The molecule has 6 nitrogen and oxygen atoms in total. The minimum Gasteiger partial charge on any atom is -0.477 e. The number of aromatic nitrogens is 1. The third kappa shape index (κ3) is 3.37. The largest absolute Gasteiger partial charge is 0.477 e. The number of piperazine rings is 1. The van der Waals surface area contributed by atoms with Gasteiger partial charge in [-0.3, -0.25) is 9.20 Å². The first kappa shape index (κ1) is 20.6. The summed E-state index contributed by atoms with van der Waals surface area (Å²) >= 11 is 0. The molecule has 0 spiro atoms. The molecule has 152 valence electrons. The first-order valence-electron chi connectivity index (χ1n) is 9.40. The summed E-state index contributed by atoms with van der Waals surface area (Å²) in [5, 5.41) is 12.8. The fraction of sp³-hybridized carbons (Fsp3) is 0.500. The predicted octanol–water partition coefficient (Wildman–Crippen LogP) is 2.93. The maximum Gasteiger partial charge on any atom is 0.341 e. The van der Waals surface area contributed by atoms with Gasteiger partial charge in [0.15, 0.2) is 5.82 Å². The Bertz CT molecular complexity index is 993. The molecule has 8 heteroatoms. The van der Waals surface area contributed by atoms with Gasteiger partial charge in [-0.15, -0.1) is 12.4 Å². The van der Waals surface area contributed by atoms with Crippen LogP contribution in [0, 0.1) is 12.7 Å². The third-order valence-corrected chi connectivity index (χ3v) is 5.56. The highest BCUT2D eigenvalue weighted by Crippen LogP contribution is 2.44. The van der Waals surface area contributed by atoms with Crippen LogP contribution < -0.4 is 15.8 Å². The molecule has 3 heterocycles. The molecular weight excluding hydrogens is 385 g/mol. The van der Waals surface area contributed by atoms with Crippen LogP contribution >= 0.6 is 12.4 Å². The van der Waals surface area contributed by atoms with E-state index in [1.54, 1.807) is 0 Å². The molecule has 2 atom stereocenters. The quantitative estimate of drug-likeness (QED) is 0.815. The maximum absolute atomic E-state index is 15.1. The van der Waals surface area contributed by atoms with E-state index in [-0.39, 0.29) is 36.0 Å². The van der Waals surface area contributed by atoms with E-state index >= 15 is 4.39 Å². The number of hydrogen-bond acceptors (Lipinski definition) is 4. The molecule has 0 aromatic carbocycles. The van der Waals surface area contributed by atoms with Crippen molar-refractivity contribution in [2.75, 3.05) is 18.0 Å². The molecule has 1 saturated heterocycles. The van der Waals surface area contributed by atoms with Crippen molar-refractivity contribution in [3.8, 4) is 0 Å². The van der Waals surface area contributed by atoms with Crippen molar-refractivity contribution in [2.45, 2.75) is 51.6 Å². The van der Waals surface area contributed by atoms with Crippen molar-refractivity contribution >= 4 is 29.6 Å². The first-order chi connectivity index (χ1) is 12.8. The van der Waals surface area contributed by atoms with Gasteiger partial charge in [-0.2, -0.15) is 0 Å². The molecule has 28 heavy (non-hydrogen) atoms. The van der Waals surface area contributed by atoms with Gasteiger partial charge < -0.3 is 15.3 Å². The van der Waals surface area contributed by atoms with Crippen LogP contribution in [0.5, 0.6) is 0 Å². The normalized spacial score (nSPS) is 22.2. The summed E-state index contributed by atoms with van der Waals surface area (Å²) in [7, 11) is 0. The highest BCUT2D eigenvalue weighted by molar-refractivity contribution is 5.89. The monoisotopic (exact) mass is 409 g/mol. The van der Waals surface area contributed by atoms with Gasteiger partial charge in [0.05, 0.1) is 17.4 Å². The summed E-state index contributed by atoms with van der Waals surface area (Å²) in [5.41, 5.74) is 1.72. The van der Waals surface area contributed by atoms with E-state index in [9.17, 15) is 14.7 Å². The summed E-state index contributed by atoms with van der Waals surface area (Å²) in [5.74, 6) is -1.53. The van der Waals surface area contributed by atoms with E-state index in [2.05, 4.69) is 19.2 Å². The Kier molecular flexibility index (Phi) is 5.42.